The number of nitrogens with zero attached hydrogens (tertiary/aromatic N) is 6. The van der Waals surface area contributed by atoms with Gasteiger partial charge < -0.3 is 14.2 Å². The number of alkyl halides is 6. The van der Waals surface area contributed by atoms with Gasteiger partial charge in [-0.05, 0) is 0 Å². The van der Waals surface area contributed by atoms with Gasteiger partial charge in [0.05, 0.1) is 26.4 Å². The van der Waals surface area contributed by atoms with Crippen molar-refractivity contribution in [1.29, 1.82) is 0 Å². The minimum Gasteiger partial charge on any atom is -0.382 e. The van der Waals surface area contributed by atoms with Gasteiger partial charge in [0.15, 0.2) is 51.1 Å². The van der Waals surface area contributed by atoms with Crippen molar-refractivity contribution in [3.05, 3.63) is 0 Å². The number of methoxy groups -OCH3 is 2. The summed E-state index contributed by atoms with van der Waals surface area (Å²) in [6.07, 6.45) is -15.8. The summed E-state index contributed by atoms with van der Waals surface area (Å²) in [7, 11) is 7.22. The summed E-state index contributed by atoms with van der Waals surface area (Å²) >= 11 is 0. The molecule has 0 bridgehead atoms. The van der Waals surface area contributed by atoms with Crippen LogP contribution < -0.4 is 0 Å². The number of halogens is 6. The van der Waals surface area contributed by atoms with E-state index in [0.29, 0.717) is 0 Å². The molecule has 0 unspecified atom stereocenters. The van der Waals surface area contributed by atoms with E-state index in [1.807, 2.05) is 27.7 Å². The Morgan fingerprint density at radius 1 is 0.500 bits per heavy atom. The summed E-state index contributed by atoms with van der Waals surface area (Å²) in [5, 5.41) is 0. The van der Waals surface area contributed by atoms with E-state index in [1.165, 1.54) is 0 Å². The summed E-state index contributed by atoms with van der Waals surface area (Å²) in [6, 6.07) is 0. The molecule has 2 aromatic heterocycles. The van der Waals surface area contributed by atoms with E-state index in [0.717, 1.165) is 65.3 Å². The molecule has 2 rings (SSSR count). The number of ether oxygens (including phenoxy) is 5. The molecule has 0 saturated heterocycles. The SMILES string of the molecule is C.C.CC.CC.COCCOC(F)(F)OC(F)(F)C(F)(F)OCCOC.n1pnpnp1.n1pnpnp1. The monoisotopic (exact) mass is 678 g/mol. The van der Waals surface area contributed by atoms with E-state index in [4.69, 9.17) is 0 Å². The maximum absolute atomic E-state index is 12.9. The lowest BCUT2D eigenvalue weighted by Gasteiger charge is -2.28. The Bertz CT molecular complexity index is 619. The van der Waals surface area contributed by atoms with Crippen LogP contribution in [-0.4, -0.2) is 86.2 Å². The van der Waals surface area contributed by atoms with Crippen molar-refractivity contribution < 1.29 is 50.0 Å². The second-order valence-corrected chi connectivity index (χ2v) is 9.72. The van der Waals surface area contributed by atoms with Crippen LogP contribution in [0, 0.1) is 0 Å². The van der Waals surface area contributed by atoms with Crippen molar-refractivity contribution in [2.45, 2.75) is 61.1 Å². The Balaban J connectivity index is -0.000000163. The minimum atomic E-state index is -5.60. The Labute approximate surface area is 230 Å². The Hall–Kier alpha value is -0.0200. The molecule has 0 atom stereocenters. The van der Waals surface area contributed by atoms with E-state index >= 15 is 0 Å². The molecule has 0 N–H and O–H groups in total. The molecule has 226 valence electrons. The Morgan fingerprint density at radius 3 is 1.05 bits per heavy atom. The lowest BCUT2D eigenvalue weighted by Crippen LogP contribution is -2.50. The van der Waals surface area contributed by atoms with Gasteiger partial charge in [0, 0.05) is 14.2 Å². The van der Waals surface area contributed by atoms with Gasteiger partial charge in [-0.25, -0.2) is 4.74 Å². The summed E-state index contributed by atoms with van der Waals surface area (Å²) in [4.78, 5) is 0. The fraction of sp³-hybridized carbons (Fsp3) is 1.00. The molecule has 23 heteroatoms. The van der Waals surface area contributed by atoms with Crippen molar-refractivity contribution in [3.63, 3.8) is 0 Å². The summed E-state index contributed by atoms with van der Waals surface area (Å²) in [6.45, 7) is 5.41. The predicted molar refractivity (Wildman–Crippen MR) is 142 cm³/mol. The van der Waals surface area contributed by atoms with Crippen LogP contribution in [0.15, 0.2) is 0 Å². The van der Waals surface area contributed by atoms with E-state index in [1.54, 1.807) is 0 Å². The molecule has 0 spiro atoms. The van der Waals surface area contributed by atoms with Crippen LogP contribution in [0.1, 0.15) is 42.5 Å². The number of hydrogen-bond acceptors (Lipinski definition) is 11. The molecule has 2 aromatic rings. The molecule has 0 radical (unpaired) electrons. The number of aromatic nitrogens is 6. The van der Waals surface area contributed by atoms with Crippen molar-refractivity contribution in [3.8, 4) is 0 Å². The molecule has 0 aliphatic heterocycles. The van der Waals surface area contributed by atoms with Gasteiger partial charge in [0.2, 0.25) is 0 Å². The van der Waals surface area contributed by atoms with E-state index in [9.17, 15) is 26.3 Å². The average molecular weight is 678 g/mol. The van der Waals surface area contributed by atoms with Gasteiger partial charge in [-0.3, -0.25) is 4.74 Å². The van der Waals surface area contributed by atoms with Crippen molar-refractivity contribution >= 4 is 51.1 Å². The lowest BCUT2D eigenvalue weighted by atomic mass is 10.5. The lowest BCUT2D eigenvalue weighted by molar-refractivity contribution is -0.526. The van der Waals surface area contributed by atoms with Crippen LogP contribution in [0.2, 0.25) is 0 Å². The third kappa shape index (κ3) is 29.0. The van der Waals surface area contributed by atoms with Gasteiger partial charge in [-0.15, -0.1) is 8.78 Å². The standard InChI is InChI=1S/C9H14F6O5.2C2H6.2CH4.2N3P3/c1-16-3-5-18-7(10,11)8(12,13)20-9(14,15)19-6-4-17-2;2*1-2;;;2*1-4-2-6-3-5-1/h3-6H2,1-2H3;2*1-2H3;2*1H4;;. The smallest absolute Gasteiger partial charge is 0.382 e. The third-order valence-electron chi connectivity index (χ3n) is 2.19. The normalized spacial score (nSPS) is 11.4. The molecule has 0 fully saturated rings. The average Bonchev–Trinajstić information content (AvgIpc) is 2.89. The highest BCUT2D eigenvalue weighted by Crippen LogP contribution is 2.40. The van der Waals surface area contributed by atoms with Gasteiger partial charge >= 0.3 is 18.5 Å². The quantitative estimate of drug-likeness (QED) is 0.129. The first-order chi connectivity index (χ1) is 17.1. The van der Waals surface area contributed by atoms with Crippen LogP contribution in [0.3, 0.4) is 0 Å². The number of hydrogen-bond donors (Lipinski definition) is 0. The van der Waals surface area contributed by atoms with E-state index in [-0.39, 0.29) is 21.5 Å². The zero-order valence-electron chi connectivity index (χ0n) is 20.0. The molecule has 0 amide bonds. The Morgan fingerprint density at radius 2 is 0.789 bits per heavy atom. The fourth-order valence-electron chi connectivity index (χ4n) is 1.03. The summed E-state index contributed by atoms with van der Waals surface area (Å²) in [5.41, 5.74) is 0. The second kappa shape index (κ2) is 31.5. The first kappa shape index (κ1) is 47.8. The van der Waals surface area contributed by atoms with Gasteiger partial charge in [0.1, 0.15) is 0 Å². The van der Waals surface area contributed by atoms with Crippen molar-refractivity contribution in [1.82, 2.24) is 27.1 Å². The molecule has 0 aromatic carbocycles. The largest absolute Gasteiger partial charge is 0.490 e. The van der Waals surface area contributed by atoms with Crippen molar-refractivity contribution in [2.75, 3.05) is 40.6 Å². The summed E-state index contributed by atoms with van der Waals surface area (Å²) < 4.78 is 118. The first-order valence-corrected chi connectivity index (χ1v) is 14.4. The van der Waals surface area contributed by atoms with Crippen LogP contribution >= 0.6 is 51.1 Å². The third-order valence-corrected chi connectivity index (χ3v) is 6.03. The van der Waals surface area contributed by atoms with Gasteiger partial charge in [-0.1, -0.05) is 42.5 Å². The van der Waals surface area contributed by atoms with Crippen LogP contribution in [0.4, 0.5) is 26.3 Å². The van der Waals surface area contributed by atoms with E-state index in [2.05, 4.69) is 50.7 Å². The molecule has 0 aliphatic rings. The predicted octanol–water partition coefficient (Wildman–Crippen LogP) is 8.61. The van der Waals surface area contributed by atoms with Gasteiger partial charge in [-0.2, -0.15) is 44.6 Å². The maximum Gasteiger partial charge on any atom is 0.490 e. The highest BCUT2D eigenvalue weighted by Gasteiger charge is 2.64. The van der Waals surface area contributed by atoms with Crippen LogP contribution in [0.5, 0.6) is 0 Å². The molecular weight excluding hydrogens is 644 g/mol. The molecule has 2 heterocycles. The first-order valence-electron chi connectivity index (χ1n) is 9.57. The Kier molecular flexibility index (Phi) is 39.6. The molecule has 0 saturated carbocycles. The van der Waals surface area contributed by atoms with Crippen LogP contribution in [0.25, 0.3) is 0 Å². The van der Waals surface area contributed by atoms with Crippen LogP contribution in [-0.2, 0) is 23.7 Å². The maximum atomic E-state index is 12.9. The fourth-order valence-corrected chi connectivity index (χ4v) is 4.68. The molecular formula is C15H34F6N6O5P6. The van der Waals surface area contributed by atoms with E-state index < -0.39 is 38.3 Å². The van der Waals surface area contributed by atoms with Gasteiger partial charge in [0.25, 0.3) is 0 Å². The second-order valence-electron chi connectivity index (χ2n) is 4.35. The molecule has 11 nitrogen and oxygen atoms in total. The summed E-state index contributed by atoms with van der Waals surface area (Å²) in [5.74, 6) is 0. The number of rotatable bonds is 11. The highest BCUT2D eigenvalue weighted by molar-refractivity contribution is 7.44. The zero-order chi connectivity index (χ0) is 28.3. The molecule has 0 aliphatic carbocycles. The highest BCUT2D eigenvalue weighted by atomic mass is 31.1. The van der Waals surface area contributed by atoms with Crippen molar-refractivity contribution in [2.24, 2.45) is 0 Å². The molecule has 38 heavy (non-hydrogen) atoms. The topological polar surface area (TPSA) is 123 Å². The zero-order valence-corrected chi connectivity index (χ0v) is 25.4. The minimum absolute atomic E-state index is 0.